The third kappa shape index (κ3) is 6.13. The van der Waals surface area contributed by atoms with Crippen LogP contribution in [0.4, 0.5) is 5.69 Å². The number of nitrogens with one attached hydrogen (secondary N) is 2. The van der Waals surface area contributed by atoms with Gasteiger partial charge in [-0.05, 0) is 44.5 Å². The highest BCUT2D eigenvalue weighted by Crippen LogP contribution is 2.15. The van der Waals surface area contributed by atoms with Crippen molar-refractivity contribution in [2.75, 3.05) is 18.5 Å². The van der Waals surface area contributed by atoms with E-state index >= 15 is 0 Å². The third-order valence-electron chi connectivity index (χ3n) is 2.75. The molecule has 0 fully saturated rings. The number of hydrogen-bond donors (Lipinski definition) is 2. The molecule has 106 valence electrons. The lowest BCUT2D eigenvalue weighted by Gasteiger charge is -2.13. The van der Waals surface area contributed by atoms with Crippen molar-refractivity contribution in [3.63, 3.8) is 0 Å². The zero-order chi connectivity index (χ0) is 14.1. The van der Waals surface area contributed by atoms with Gasteiger partial charge in [0.1, 0.15) is 5.75 Å². The van der Waals surface area contributed by atoms with E-state index in [1.165, 1.54) is 0 Å². The number of carbonyl (C=O) groups excluding carboxylic acids is 1. The van der Waals surface area contributed by atoms with Gasteiger partial charge < -0.3 is 15.4 Å². The molecule has 0 spiro atoms. The summed E-state index contributed by atoms with van der Waals surface area (Å²) < 4.78 is 5.36. The molecule has 0 aromatic heterocycles. The number of amides is 1. The van der Waals surface area contributed by atoms with Crippen molar-refractivity contribution in [2.45, 2.75) is 39.7 Å². The van der Waals surface area contributed by atoms with E-state index in [1.807, 2.05) is 38.1 Å². The molecule has 0 radical (unpaired) electrons. The van der Waals surface area contributed by atoms with E-state index in [4.69, 9.17) is 4.74 Å². The highest BCUT2D eigenvalue weighted by atomic mass is 16.5. The van der Waals surface area contributed by atoms with Crippen LogP contribution < -0.4 is 15.4 Å². The van der Waals surface area contributed by atoms with E-state index in [0.29, 0.717) is 13.2 Å². The fourth-order valence-corrected chi connectivity index (χ4v) is 1.85. The van der Waals surface area contributed by atoms with E-state index in [0.717, 1.165) is 24.3 Å². The first-order valence-electron chi connectivity index (χ1n) is 6.91. The third-order valence-corrected chi connectivity index (χ3v) is 2.75. The van der Waals surface area contributed by atoms with Gasteiger partial charge >= 0.3 is 0 Å². The monoisotopic (exact) mass is 264 g/mol. The summed E-state index contributed by atoms with van der Waals surface area (Å²) in [5.74, 6) is 0.865. The van der Waals surface area contributed by atoms with Crippen LogP contribution in [0.3, 0.4) is 0 Å². The highest BCUT2D eigenvalue weighted by Gasteiger charge is 2.05. The summed E-state index contributed by atoms with van der Waals surface area (Å²) >= 11 is 0. The van der Waals surface area contributed by atoms with Gasteiger partial charge in [-0.25, -0.2) is 0 Å². The molecule has 2 N–H and O–H groups in total. The number of carbonyl (C=O) groups is 1. The molecule has 0 aliphatic rings. The van der Waals surface area contributed by atoms with Gasteiger partial charge in [-0.1, -0.05) is 13.3 Å². The predicted octanol–water partition coefficient (Wildman–Crippen LogP) is 2.80. The van der Waals surface area contributed by atoms with Crippen LogP contribution in [-0.4, -0.2) is 25.1 Å². The number of anilines is 1. The number of rotatable bonds is 8. The minimum Gasteiger partial charge on any atom is -0.494 e. The smallest absolute Gasteiger partial charge is 0.239 e. The van der Waals surface area contributed by atoms with Crippen molar-refractivity contribution in [3.8, 4) is 5.75 Å². The Morgan fingerprint density at radius 3 is 2.53 bits per heavy atom. The normalized spacial score (nSPS) is 11.7. The molecule has 0 aliphatic carbocycles. The van der Waals surface area contributed by atoms with Crippen molar-refractivity contribution in [2.24, 2.45) is 0 Å². The molecule has 1 aromatic rings. The summed E-state index contributed by atoms with van der Waals surface area (Å²) in [6.07, 6.45) is 2.09. The van der Waals surface area contributed by atoms with Crippen LogP contribution in [-0.2, 0) is 4.79 Å². The Kier molecular flexibility index (Phi) is 6.79. The van der Waals surface area contributed by atoms with Gasteiger partial charge in [0.15, 0.2) is 0 Å². The molecule has 4 nitrogen and oxygen atoms in total. The van der Waals surface area contributed by atoms with Gasteiger partial charge in [-0.2, -0.15) is 0 Å². The number of ether oxygens (including phenoxy) is 1. The zero-order valence-corrected chi connectivity index (χ0v) is 12.0. The average Bonchev–Trinajstić information content (AvgIpc) is 2.38. The molecule has 0 bridgehead atoms. The maximum absolute atomic E-state index is 11.7. The Bertz CT molecular complexity index is 376. The van der Waals surface area contributed by atoms with Gasteiger partial charge in [0.2, 0.25) is 5.91 Å². The van der Waals surface area contributed by atoms with Gasteiger partial charge in [0, 0.05) is 11.7 Å². The Labute approximate surface area is 115 Å². The van der Waals surface area contributed by atoms with Crippen LogP contribution >= 0.6 is 0 Å². The molecule has 1 amide bonds. The van der Waals surface area contributed by atoms with E-state index < -0.39 is 0 Å². The lowest BCUT2D eigenvalue weighted by Crippen LogP contribution is -2.36. The largest absolute Gasteiger partial charge is 0.494 e. The van der Waals surface area contributed by atoms with Crippen LogP contribution in [0.5, 0.6) is 5.75 Å². The van der Waals surface area contributed by atoms with Crippen molar-refractivity contribution < 1.29 is 9.53 Å². The molecule has 1 rings (SSSR count). The molecule has 0 saturated carbocycles. The van der Waals surface area contributed by atoms with Crippen LogP contribution in [0, 0.1) is 0 Å². The molecule has 1 unspecified atom stereocenters. The lowest BCUT2D eigenvalue weighted by molar-refractivity contribution is -0.120. The van der Waals surface area contributed by atoms with Gasteiger partial charge in [0.25, 0.3) is 0 Å². The average molecular weight is 264 g/mol. The van der Waals surface area contributed by atoms with Crippen LogP contribution in [0.25, 0.3) is 0 Å². The predicted molar refractivity (Wildman–Crippen MR) is 78.6 cm³/mol. The minimum atomic E-state index is 0.0230. The topological polar surface area (TPSA) is 50.4 Å². The van der Waals surface area contributed by atoms with Crippen molar-refractivity contribution in [3.05, 3.63) is 24.3 Å². The second kappa shape index (κ2) is 8.40. The first-order valence-corrected chi connectivity index (χ1v) is 6.91. The van der Waals surface area contributed by atoms with Crippen LogP contribution in [0.1, 0.15) is 33.6 Å². The van der Waals surface area contributed by atoms with E-state index in [-0.39, 0.29) is 11.9 Å². The minimum absolute atomic E-state index is 0.0230. The maximum Gasteiger partial charge on any atom is 0.239 e. The molecular weight excluding hydrogens is 240 g/mol. The second-order valence-electron chi connectivity index (χ2n) is 4.57. The Morgan fingerprint density at radius 2 is 1.95 bits per heavy atom. The quantitative estimate of drug-likeness (QED) is 0.759. The summed E-state index contributed by atoms with van der Waals surface area (Å²) in [5.41, 5.74) is 0.918. The number of hydrogen-bond acceptors (Lipinski definition) is 3. The lowest BCUT2D eigenvalue weighted by atomic mass is 10.2. The fraction of sp³-hybridized carbons (Fsp3) is 0.533. The van der Waals surface area contributed by atoms with E-state index in [2.05, 4.69) is 17.6 Å². The summed E-state index contributed by atoms with van der Waals surface area (Å²) in [7, 11) is 0. The zero-order valence-electron chi connectivity index (χ0n) is 12.0. The molecule has 19 heavy (non-hydrogen) atoms. The Hall–Kier alpha value is -1.71. The van der Waals surface area contributed by atoms with E-state index in [1.54, 1.807) is 0 Å². The molecule has 0 aliphatic heterocycles. The summed E-state index contributed by atoms with van der Waals surface area (Å²) in [6.45, 7) is 7.04. The number of benzene rings is 1. The molecule has 1 atom stereocenters. The fourth-order valence-electron chi connectivity index (χ4n) is 1.85. The SMILES string of the molecule is CCCC(C)NC(=O)CNc1ccc(OCC)cc1. The van der Waals surface area contributed by atoms with Crippen molar-refractivity contribution >= 4 is 11.6 Å². The molecule has 4 heteroatoms. The maximum atomic E-state index is 11.7. The summed E-state index contributed by atoms with van der Waals surface area (Å²) in [5, 5.41) is 6.05. The van der Waals surface area contributed by atoms with Crippen molar-refractivity contribution in [1.82, 2.24) is 5.32 Å². The van der Waals surface area contributed by atoms with Crippen LogP contribution in [0.15, 0.2) is 24.3 Å². The molecule has 1 aromatic carbocycles. The standard InChI is InChI=1S/C15H24N2O2/c1-4-6-12(3)17-15(18)11-16-13-7-9-14(10-8-13)19-5-2/h7-10,12,16H,4-6,11H2,1-3H3,(H,17,18). The summed E-state index contributed by atoms with van der Waals surface area (Å²) in [4.78, 5) is 11.7. The molecule has 0 heterocycles. The van der Waals surface area contributed by atoms with E-state index in [9.17, 15) is 4.79 Å². The Balaban J connectivity index is 2.33. The van der Waals surface area contributed by atoms with Crippen molar-refractivity contribution in [1.29, 1.82) is 0 Å². The van der Waals surface area contributed by atoms with Gasteiger partial charge in [-0.3, -0.25) is 4.79 Å². The molecule has 0 saturated heterocycles. The Morgan fingerprint density at radius 1 is 1.26 bits per heavy atom. The highest BCUT2D eigenvalue weighted by molar-refractivity contribution is 5.80. The van der Waals surface area contributed by atoms with Gasteiger partial charge in [0.05, 0.1) is 13.2 Å². The second-order valence-corrected chi connectivity index (χ2v) is 4.57. The first-order chi connectivity index (χ1) is 9.15. The molecular formula is C15H24N2O2. The van der Waals surface area contributed by atoms with Crippen LogP contribution in [0.2, 0.25) is 0 Å². The summed E-state index contributed by atoms with van der Waals surface area (Å²) in [6, 6.07) is 7.84. The first kappa shape index (κ1) is 15.3. The van der Waals surface area contributed by atoms with Gasteiger partial charge in [-0.15, -0.1) is 0 Å².